The first-order valence-electron chi connectivity index (χ1n) is 6.08. The largest absolute Gasteiger partial charge is 0.464 e. The summed E-state index contributed by atoms with van der Waals surface area (Å²) in [5, 5.41) is 4.66. The Morgan fingerprint density at radius 2 is 2.06 bits per heavy atom. The highest BCUT2D eigenvalue weighted by Crippen LogP contribution is 2.20. The second kappa shape index (κ2) is 5.84. The molecule has 0 fully saturated rings. The van der Waals surface area contributed by atoms with Crippen LogP contribution in [0.1, 0.15) is 12.0 Å². The zero-order valence-electron chi connectivity index (χ0n) is 10.6. The SMILES string of the molecule is CN(C)CCCNCc1coc2ccccc12. The smallest absolute Gasteiger partial charge is 0.134 e. The number of rotatable bonds is 6. The number of hydrogen-bond donors (Lipinski definition) is 1. The molecule has 0 atom stereocenters. The van der Waals surface area contributed by atoms with Crippen LogP contribution in [0.2, 0.25) is 0 Å². The van der Waals surface area contributed by atoms with Crippen molar-refractivity contribution in [1.29, 1.82) is 0 Å². The van der Waals surface area contributed by atoms with Crippen LogP contribution >= 0.6 is 0 Å². The van der Waals surface area contributed by atoms with Crippen LogP contribution in [0.15, 0.2) is 34.9 Å². The maximum absolute atomic E-state index is 5.50. The van der Waals surface area contributed by atoms with Crippen molar-refractivity contribution in [3.05, 3.63) is 36.1 Å². The molecule has 3 heteroatoms. The molecule has 1 N–H and O–H groups in total. The predicted octanol–water partition coefficient (Wildman–Crippen LogP) is 2.47. The lowest BCUT2D eigenvalue weighted by atomic mass is 10.2. The average Bonchev–Trinajstić information content (AvgIpc) is 2.72. The highest BCUT2D eigenvalue weighted by atomic mass is 16.3. The maximum atomic E-state index is 5.50. The van der Waals surface area contributed by atoms with Gasteiger partial charge in [-0.15, -0.1) is 0 Å². The van der Waals surface area contributed by atoms with Crippen LogP contribution in [0.3, 0.4) is 0 Å². The topological polar surface area (TPSA) is 28.4 Å². The highest BCUT2D eigenvalue weighted by molar-refractivity contribution is 5.80. The lowest BCUT2D eigenvalue weighted by Crippen LogP contribution is -2.20. The third kappa shape index (κ3) is 3.32. The second-order valence-corrected chi connectivity index (χ2v) is 4.59. The Labute approximate surface area is 102 Å². The minimum Gasteiger partial charge on any atom is -0.464 e. The van der Waals surface area contributed by atoms with E-state index >= 15 is 0 Å². The number of para-hydroxylation sites is 1. The Hall–Kier alpha value is -1.32. The molecule has 1 heterocycles. The van der Waals surface area contributed by atoms with Crippen LogP contribution in [-0.2, 0) is 6.54 Å². The number of nitrogens with zero attached hydrogens (tertiary/aromatic N) is 1. The van der Waals surface area contributed by atoms with Gasteiger partial charge in [0.1, 0.15) is 5.58 Å². The van der Waals surface area contributed by atoms with Crippen molar-refractivity contribution in [2.24, 2.45) is 0 Å². The van der Waals surface area contributed by atoms with Gasteiger partial charge in [0.25, 0.3) is 0 Å². The van der Waals surface area contributed by atoms with Crippen molar-refractivity contribution in [2.75, 3.05) is 27.2 Å². The Kier molecular flexibility index (Phi) is 4.18. The second-order valence-electron chi connectivity index (χ2n) is 4.59. The van der Waals surface area contributed by atoms with E-state index in [1.165, 1.54) is 17.4 Å². The minimum absolute atomic E-state index is 0.879. The summed E-state index contributed by atoms with van der Waals surface area (Å²) in [4.78, 5) is 2.20. The fourth-order valence-electron chi connectivity index (χ4n) is 1.91. The van der Waals surface area contributed by atoms with Crippen molar-refractivity contribution < 1.29 is 4.42 Å². The van der Waals surface area contributed by atoms with Crippen LogP contribution in [0.5, 0.6) is 0 Å². The van der Waals surface area contributed by atoms with Crippen LogP contribution in [0.25, 0.3) is 11.0 Å². The first-order chi connectivity index (χ1) is 8.27. The summed E-state index contributed by atoms with van der Waals surface area (Å²) in [6.45, 7) is 3.04. The lowest BCUT2D eigenvalue weighted by molar-refractivity contribution is 0.394. The van der Waals surface area contributed by atoms with Crippen LogP contribution in [0.4, 0.5) is 0 Å². The van der Waals surface area contributed by atoms with Crippen LogP contribution < -0.4 is 5.32 Å². The summed E-state index contributed by atoms with van der Waals surface area (Å²) in [5.41, 5.74) is 2.21. The molecule has 0 saturated heterocycles. The molecule has 2 rings (SSSR count). The van der Waals surface area contributed by atoms with E-state index in [0.29, 0.717) is 0 Å². The molecule has 0 unspecified atom stereocenters. The number of furan rings is 1. The molecule has 0 radical (unpaired) electrons. The summed E-state index contributed by atoms with van der Waals surface area (Å²) >= 11 is 0. The van der Waals surface area contributed by atoms with Crippen molar-refractivity contribution >= 4 is 11.0 Å². The molecule has 0 aliphatic carbocycles. The number of fused-ring (bicyclic) bond motifs is 1. The quantitative estimate of drug-likeness (QED) is 0.776. The normalized spacial score (nSPS) is 11.5. The van der Waals surface area contributed by atoms with Crippen molar-refractivity contribution in [3.63, 3.8) is 0 Å². The monoisotopic (exact) mass is 232 g/mol. The first kappa shape index (κ1) is 12.1. The Morgan fingerprint density at radius 3 is 2.88 bits per heavy atom. The zero-order chi connectivity index (χ0) is 12.1. The Morgan fingerprint density at radius 1 is 1.24 bits per heavy atom. The van der Waals surface area contributed by atoms with Crippen molar-refractivity contribution in [2.45, 2.75) is 13.0 Å². The van der Waals surface area contributed by atoms with Gasteiger partial charge >= 0.3 is 0 Å². The Balaban J connectivity index is 1.83. The fraction of sp³-hybridized carbons (Fsp3) is 0.429. The van der Waals surface area contributed by atoms with Gasteiger partial charge in [-0.2, -0.15) is 0 Å². The van der Waals surface area contributed by atoms with Crippen molar-refractivity contribution in [1.82, 2.24) is 10.2 Å². The third-order valence-corrected chi connectivity index (χ3v) is 2.84. The molecule has 0 saturated carbocycles. The molecular weight excluding hydrogens is 212 g/mol. The molecule has 0 amide bonds. The number of benzene rings is 1. The van der Waals surface area contributed by atoms with Gasteiger partial charge in [0.05, 0.1) is 6.26 Å². The summed E-state index contributed by atoms with van der Waals surface area (Å²) in [7, 11) is 4.20. The first-order valence-corrected chi connectivity index (χ1v) is 6.08. The molecule has 0 bridgehead atoms. The van der Waals surface area contributed by atoms with E-state index in [4.69, 9.17) is 4.42 Å². The van der Waals surface area contributed by atoms with Crippen LogP contribution in [-0.4, -0.2) is 32.1 Å². The Bertz CT molecular complexity index is 462. The molecule has 0 aliphatic rings. The molecule has 0 spiro atoms. The van der Waals surface area contributed by atoms with E-state index in [9.17, 15) is 0 Å². The molecule has 17 heavy (non-hydrogen) atoms. The fourth-order valence-corrected chi connectivity index (χ4v) is 1.91. The van der Waals surface area contributed by atoms with E-state index in [1.54, 1.807) is 0 Å². The van der Waals surface area contributed by atoms with Gasteiger partial charge in [0.15, 0.2) is 0 Å². The van der Waals surface area contributed by atoms with E-state index in [2.05, 4.69) is 30.4 Å². The average molecular weight is 232 g/mol. The number of hydrogen-bond acceptors (Lipinski definition) is 3. The summed E-state index contributed by atoms with van der Waals surface area (Å²) in [6, 6.07) is 8.16. The van der Waals surface area contributed by atoms with Gasteiger partial charge in [-0.05, 0) is 39.7 Å². The molecule has 1 aromatic heterocycles. The van der Waals surface area contributed by atoms with E-state index < -0.39 is 0 Å². The summed E-state index contributed by atoms with van der Waals surface area (Å²) in [6.07, 6.45) is 3.02. The lowest BCUT2D eigenvalue weighted by Gasteiger charge is -2.09. The van der Waals surface area contributed by atoms with Gasteiger partial charge in [-0.3, -0.25) is 0 Å². The van der Waals surface area contributed by atoms with E-state index in [-0.39, 0.29) is 0 Å². The molecule has 1 aromatic carbocycles. The highest BCUT2D eigenvalue weighted by Gasteiger charge is 2.03. The van der Waals surface area contributed by atoms with Gasteiger partial charge in [0.2, 0.25) is 0 Å². The standard InChI is InChI=1S/C14H20N2O/c1-16(2)9-5-8-15-10-12-11-17-14-7-4-3-6-13(12)14/h3-4,6-7,11,15H,5,8-10H2,1-2H3. The summed E-state index contributed by atoms with van der Waals surface area (Å²) in [5.74, 6) is 0. The molecule has 0 aliphatic heterocycles. The molecule has 92 valence electrons. The van der Waals surface area contributed by atoms with Gasteiger partial charge < -0.3 is 14.6 Å². The molecule has 2 aromatic rings. The summed E-state index contributed by atoms with van der Waals surface area (Å²) < 4.78 is 5.50. The van der Waals surface area contributed by atoms with E-state index in [1.807, 2.05) is 24.5 Å². The molecular formula is C14H20N2O. The maximum Gasteiger partial charge on any atom is 0.134 e. The van der Waals surface area contributed by atoms with Crippen molar-refractivity contribution in [3.8, 4) is 0 Å². The number of nitrogens with one attached hydrogen (secondary N) is 1. The zero-order valence-corrected chi connectivity index (χ0v) is 10.6. The molecule has 3 nitrogen and oxygen atoms in total. The van der Waals surface area contributed by atoms with Gasteiger partial charge in [0, 0.05) is 17.5 Å². The van der Waals surface area contributed by atoms with E-state index in [0.717, 1.165) is 25.2 Å². The minimum atomic E-state index is 0.879. The third-order valence-electron chi connectivity index (χ3n) is 2.84. The predicted molar refractivity (Wildman–Crippen MR) is 71.1 cm³/mol. The van der Waals surface area contributed by atoms with Gasteiger partial charge in [-0.25, -0.2) is 0 Å². The van der Waals surface area contributed by atoms with Crippen LogP contribution in [0, 0.1) is 0 Å². The van der Waals surface area contributed by atoms with Gasteiger partial charge in [-0.1, -0.05) is 18.2 Å².